The van der Waals surface area contributed by atoms with Crippen molar-refractivity contribution in [2.45, 2.75) is 0 Å². The third-order valence-corrected chi connectivity index (χ3v) is 10.5. The van der Waals surface area contributed by atoms with E-state index in [2.05, 4.69) is 217 Å². The number of benzene rings is 9. The summed E-state index contributed by atoms with van der Waals surface area (Å²) >= 11 is 0. The van der Waals surface area contributed by atoms with Gasteiger partial charge in [0.1, 0.15) is 11.5 Å². The Morgan fingerprint density at radius 1 is 0.296 bits per heavy atom. The number of nitrogens with zero attached hydrogens (tertiary/aromatic N) is 1. The molecular weight excluding hydrogens is 655 g/mol. The van der Waals surface area contributed by atoms with Gasteiger partial charge >= 0.3 is 0 Å². The third-order valence-electron chi connectivity index (χ3n) is 10.5. The van der Waals surface area contributed by atoms with Crippen LogP contribution in [0.15, 0.2) is 212 Å². The quantitative estimate of drug-likeness (QED) is 0.172. The Balaban J connectivity index is 1.02. The Hall–Kier alpha value is -7.16. The molecule has 9 aromatic rings. The minimum absolute atomic E-state index is 0.858. The topological polar surface area (TPSA) is 12.5 Å². The zero-order chi connectivity index (χ0) is 35.8. The number of anilines is 3. The molecular formula is C52H35NO. The Bertz CT molecular complexity index is 2670. The van der Waals surface area contributed by atoms with Crippen molar-refractivity contribution in [1.29, 1.82) is 0 Å². The highest BCUT2D eigenvalue weighted by Gasteiger charge is 2.23. The number of fused-ring (bicyclic) bond motifs is 7. The van der Waals surface area contributed by atoms with Gasteiger partial charge in [-0.05, 0) is 110 Å². The summed E-state index contributed by atoms with van der Waals surface area (Å²) in [5.41, 5.74) is 14.9. The van der Waals surface area contributed by atoms with Gasteiger partial charge in [0.25, 0.3) is 0 Å². The summed E-state index contributed by atoms with van der Waals surface area (Å²) in [7, 11) is 0. The maximum atomic E-state index is 6.81. The largest absolute Gasteiger partial charge is 0.456 e. The van der Waals surface area contributed by atoms with Gasteiger partial charge in [0.15, 0.2) is 0 Å². The average molecular weight is 690 g/mol. The van der Waals surface area contributed by atoms with Gasteiger partial charge in [0, 0.05) is 28.2 Å². The molecule has 0 fully saturated rings. The molecule has 0 bridgehead atoms. The van der Waals surface area contributed by atoms with Gasteiger partial charge in [0.2, 0.25) is 0 Å². The molecule has 0 amide bonds. The van der Waals surface area contributed by atoms with Crippen LogP contribution in [-0.2, 0) is 0 Å². The van der Waals surface area contributed by atoms with Crippen LogP contribution in [0.2, 0.25) is 0 Å². The van der Waals surface area contributed by atoms with Crippen molar-refractivity contribution in [1.82, 2.24) is 0 Å². The van der Waals surface area contributed by atoms with Crippen LogP contribution in [0.3, 0.4) is 0 Å². The highest BCUT2D eigenvalue weighted by molar-refractivity contribution is 6.05. The van der Waals surface area contributed by atoms with Gasteiger partial charge in [0.05, 0.1) is 0 Å². The Labute approximate surface area is 315 Å². The van der Waals surface area contributed by atoms with Crippen molar-refractivity contribution in [2.75, 3.05) is 4.90 Å². The van der Waals surface area contributed by atoms with E-state index in [1.807, 2.05) is 0 Å². The lowest BCUT2D eigenvalue weighted by molar-refractivity contribution is 0.488. The van der Waals surface area contributed by atoms with Crippen LogP contribution in [0.4, 0.5) is 17.1 Å². The molecule has 254 valence electrons. The summed E-state index contributed by atoms with van der Waals surface area (Å²) in [6.45, 7) is 0. The van der Waals surface area contributed by atoms with E-state index in [-0.39, 0.29) is 0 Å². The van der Waals surface area contributed by atoms with E-state index >= 15 is 0 Å². The van der Waals surface area contributed by atoms with E-state index in [4.69, 9.17) is 4.74 Å². The first-order valence-corrected chi connectivity index (χ1v) is 18.4. The Kier molecular flexibility index (Phi) is 7.85. The second-order valence-electron chi connectivity index (χ2n) is 13.7. The minimum Gasteiger partial charge on any atom is -0.456 e. The predicted molar refractivity (Wildman–Crippen MR) is 226 cm³/mol. The Morgan fingerprint density at radius 2 is 0.759 bits per heavy atom. The van der Waals surface area contributed by atoms with E-state index in [1.165, 1.54) is 44.2 Å². The molecule has 10 rings (SSSR count). The zero-order valence-corrected chi connectivity index (χ0v) is 29.6. The molecule has 2 heteroatoms. The fraction of sp³-hybridized carbons (Fsp3) is 0. The van der Waals surface area contributed by atoms with Crippen LogP contribution in [0, 0.1) is 0 Å². The summed E-state index contributed by atoms with van der Waals surface area (Å²) < 4.78 is 6.81. The number of rotatable bonds is 6. The number of ether oxygens (including phenoxy) is 1. The van der Waals surface area contributed by atoms with E-state index in [9.17, 15) is 0 Å². The van der Waals surface area contributed by atoms with Crippen molar-refractivity contribution in [3.05, 3.63) is 212 Å². The van der Waals surface area contributed by atoms with Crippen LogP contribution in [-0.4, -0.2) is 0 Å². The first kappa shape index (κ1) is 31.6. The van der Waals surface area contributed by atoms with E-state index in [1.54, 1.807) is 0 Å². The van der Waals surface area contributed by atoms with Gasteiger partial charge in [-0.3, -0.25) is 0 Å². The van der Waals surface area contributed by atoms with Crippen LogP contribution in [0.5, 0.6) is 11.5 Å². The van der Waals surface area contributed by atoms with Crippen LogP contribution in [0.1, 0.15) is 0 Å². The molecule has 0 saturated heterocycles. The second kappa shape index (κ2) is 13.4. The van der Waals surface area contributed by atoms with Gasteiger partial charge < -0.3 is 9.64 Å². The van der Waals surface area contributed by atoms with Crippen LogP contribution >= 0.6 is 0 Å². The fourth-order valence-electron chi connectivity index (χ4n) is 7.79. The smallest absolute Gasteiger partial charge is 0.135 e. The molecule has 1 heterocycles. The van der Waals surface area contributed by atoms with Gasteiger partial charge in [-0.2, -0.15) is 0 Å². The molecule has 0 saturated carbocycles. The fourth-order valence-corrected chi connectivity index (χ4v) is 7.79. The number of hydrogen-bond acceptors (Lipinski definition) is 2. The molecule has 0 spiro atoms. The molecule has 0 aliphatic carbocycles. The second-order valence-corrected chi connectivity index (χ2v) is 13.7. The molecule has 0 atom stereocenters. The summed E-state index contributed by atoms with van der Waals surface area (Å²) in [6, 6.07) is 75.7. The minimum atomic E-state index is 0.858. The lowest BCUT2D eigenvalue weighted by Gasteiger charge is -2.26. The normalized spacial score (nSPS) is 11.5. The lowest BCUT2D eigenvalue weighted by Crippen LogP contribution is -2.09. The van der Waals surface area contributed by atoms with Gasteiger partial charge in [-0.1, -0.05) is 158 Å². The molecule has 9 aromatic carbocycles. The summed E-state index contributed by atoms with van der Waals surface area (Å²) in [5, 5.41) is 2.40. The molecule has 54 heavy (non-hydrogen) atoms. The van der Waals surface area contributed by atoms with Crippen molar-refractivity contribution >= 4 is 27.8 Å². The van der Waals surface area contributed by atoms with Gasteiger partial charge in [-0.15, -0.1) is 0 Å². The number of hydrogen-bond donors (Lipinski definition) is 0. The van der Waals surface area contributed by atoms with Crippen molar-refractivity contribution < 1.29 is 4.74 Å². The Morgan fingerprint density at radius 3 is 1.35 bits per heavy atom. The molecule has 1 aliphatic heterocycles. The SMILES string of the molecule is c1ccc(-c2ccc(N(c3ccc(-c4ccccc4)cc3)c3ccc(-c4ccc5c(c4)Oc4ccc6ccccc6c4-c4ccccc4-5)cc3)cc2)cc1. The molecule has 0 aromatic heterocycles. The molecule has 1 aliphatic rings. The summed E-state index contributed by atoms with van der Waals surface area (Å²) in [5.74, 6) is 1.73. The van der Waals surface area contributed by atoms with Crippen molar-refractivity contribution in [2.24, 2.45) is 0 Å². The summed E-state index contributed by atoms with van der Waals surface area (Å²) in [4.78, 5) is 2.33. The van der Waals surface area contributed by atoms with Gasteiger partial charge in [-0.25, -0.2) is 0 Å². The lowest BCUT2D eigenvalue weighted by atomic mass is 9.91. The zero-order valence-electron chi connectivity index (χ0n) is 29.6. The maximum Gasteiger partial charge on any atom is 0.135 e. The standard InChI is InChI=1S/C52H35NO/c1-3-11-36(12-4-1)38-19-27-43(28-20-38)53(44-29-21-39(22-30-44)37-13-5-2-6-14-37)45-31-23-40(24-32-45)42-25-33-48-47-17-9-10-18-49(47)52-46-16-8-7-15-41(46)26-34-50(52)54-51(48)35-42/h1-35H. The first-order chi connectivity index (χ1) is 26.8. The van der Waals surface area contributed by atoms with E-state index in [0.29, 0.717) is 0 Å². The first-order valence-electron chi connectivity index (χ1n) is 18.4. The van der Waals surface area contributed by atoms with E-state index < -0.39 is 0 Å². The van der Waals surface area contributed by atoms with E-state index in [0.717, 1.165) is 50.8 Å². The van der Waals surface area contributed by atoms with Crippen molar-refractivity contribution in [3.63, 3.8) is 0 Å². The van der Waals surface area contributed by atoms with Crippen molar-refractivity contribution in [3.8, 4) is 67.1 Å². The molecule has 0 N–H and O–H groups in total. The highest BCUT2D eigenvalue weighted by Crippen LogP contribution is 2.50. The summed E-state index contributed by atoms with van der Waals surface area (Å²) in [6.07, 6.45) is 0. The predicted octanol–water partition coefficient (Wildman–Crippen LogP) is 14.8. The third kappa shape index (κ3) is 5.71. The van der Waals surface area contributed by atoms with Crippen LogP contribution < -0.4 is 9.64 Å². The molecule has 0 unspecified atom stereocenters. The monoisotopic (exact) mass is 689 g/mol. The van der Waals surface area contributed by atoms with Crippen LogP contribution in [0.25, 0.3) is 66.4 Å². The molecule has 2 nitrogen and oxygen atoms in total. The highest BCUT2D eigenvalue weighted by atomic mass is 16.5. The molecule has 0 radical (unpaired) electrons. The maximum absolute atomic E-state index is 6.81. The average Bonchev–Trinajstić information content (AvgIpc) is 3.39.